The Morgan fingerprint density at radius 1 is 1.29 bits per heavy atom. The first kappa shape index (κ1) is 22.1. The Morgan fingerprint density at radius 3 is 2.75 bits per heavy atom. The van der Waals surface area contributed by atoms with Crippen LogP contribution in [0, 0.1) is 0 Å². The van der Waals surface area contributed by atoms with E-state index in [1.54, 1.807) is 0 Å². The number of fused-ring (bicyclic) bond motifs is 1. The van der Waals surface area contributed by atoms with Gasteiger partial charge < -0.3 is 20.5 Å². The molecule has 28 heavy (non-hydrogen) atoms. The molecule has 0 radical (unpaired) electrons. The second-order valence-electron chi connectivity index (χ2n) is 6.09. The first-order valence-corrected chi connectivity index (χ1v) is 8.41. The molecular weight excluding hydrogens is 486 g/mol. The number of rotatable bonds is 4. The fraction of sp³-hybridized carbons (Fsp3) is 0.316. The van der Waals surface area contributed by atoms with Crippen molar-refractivity contribution in [3.05, 3.63) is 59.2 Å². The standard InChI is InChI=1S/C19H20F3N3O2.HI/c1-26-13-7-6-12(15(10-13)19(20,21)22)11-24-18(23)25-16-8-9-27-17-5-3-2-4-14(16)17;/h2-7,10,16H,8-9,11H2,1H3,(H3,23,24,25);1H. The number of nitrogens with zero attached hydrogens (tertiary/aromatic N) is 1. The van der Waals surface area contributed by atoms with Crippen LogP contribution in [0.3, 0.4) is 0 Å². The molecule has 9 heteroatoms. The molecule has 5 nitrogen and oxygen atoms in total. The van der Waals surface area contributed by atoms with E-state index in [-0.39, 0.29) is 53.8 Å². The lowest BCUT2D eigenvalue weighted by Crippen LogP contribution is -2.37. The second kappa shape index (κ2) is 9.35. The highest BCUT2D eigenvalue weighted by Crippen LogP contribution is 2.35. The number of ether oxygens (including phenoxy) is 2. The quantitative estimate of drug-likeness (QED) is 0.369. The van der Waals surface area contributed by atoms with Crippen LogP contribution in [0.25, 0.3) is 0 Å². The molecule has 1 heterocycles. The number of nitrogens with one attached hydrogen (secondary N) is 1. The van der Waals surface area contributed by atoms with Gasteiger partial charge in [0, 0.05) is 12.0 Å². The maximum Gasteiger partial charge on any atom is 0.416 e. The Hall–Kier alpha value is -2.17. The van der Waals surface area contributed by atoms with Crippen LogP contribution in [-0.2, 0) is 12.7 Å². The zero-order valence-corrected chi connectivity index (χ0v) is 17.5. The van der Waals surface area contributed by atoms with Crippen molar-refractivity contribution >= 4 is 29.9 Å². The summed E-state index contributed by atoms with van der Waals surface area (Å²) in [5.74, 6) is 0.990. The van der Waals surface area contributed by atoms with E-state index >= 15 is 0 Å². The largest absolute Gasteiger partial charge is 0.497 e. The van der Waals surface area contributed by atoms with Crippen LogP contribution in [0.1, 0.15) is 29.2 Å². The lowest BCUT2D eigenvalue weighted by molar-refractivity contribution is -0.138. The summed E-state index contributed by atoms with van der Waals surface area (Å²) in [5, 5.41) is 3.07. The highest BCUT2D eigenvalue weighted by atomic mass is 127. The summed E-state index contributed by atoms with van der Waals surface area (Å²) in [6.07, 6.45) is -3.81. The van der Waals surface area contributed by atoms with Gasteiger partial charge in [0.05, 0.1) is 31.9 Å². The molecule has 0 saturated heterocycles. The van der Waals surface area contributed by atoms with Gasteiger partial charge in [-0.2, -0.15) is 13.2 Å². The number of nitrogens with two attached hydrogens (primary N) is 1. The van der Waals surface area contributed by atoms with Gasteiger partial charge in [0.2, 0.25) is 0 Å². The van der Waals surface area contributed by atoms with Crippen molar-refractivity contribution in [2.75, 3.05) is 13.7 Å². The maximum absolute atomic E-state index is 13.3. The molecule has 1 atom stereocenters. The van der Waals surface area contributed by atoms with Gasteiger partial charge in [-0.1, -0.05) is 24.3 Å². The minimum atomic E-state index is -4.50. The monoisotopic (exact) mass is 507 g/mol. The molecule has 0 bridgehead atoms. The zero-order chi connectivity index (χ0) is 19.4. The second-order valence-corrected chi connectivity index (χ2v) is 6.09. The molecule has 3 rings (SSSR count). The van der Waals surface area contributed by atoms with Crippen molar-refractivity contribution in [2.45, 2.75) is 25.2 Å². The molecule has 0 fully saturated rings. The molecule has 0 aliphatic carbocycles. The molecule has 0 saturated carbocycles. The van der Waals surface area contributed by atoms with Crippen LogP contribution >= 0.6 is 24.0 Å². The van der Waals surface area contributed by atoms with E-state index in [4.69, 9.17) is 15.2 Å². The molecule has 1 unspecified atom stereocenters. The number of benzene rings is 2. The van der Waals surface area contributed by atoms with Gasteiger partial charge >= 0.3 is 6.18 Å². The zero-order valence-electron chi connectivity index (χ0n) is 15.1. The fourth-order valence-corrected chi connectivity index (χ4v) is 2.97. The predicted octanol–water partition coefficient (Wildman–Crippen LogP) is 4.26. The third-order valence-corrected chi connectivity index (χ3v) is 4.32. The summed E-state index contributed by atoms with van der Waals surface area (Å²) in [4.78, 5) is 4.09. The highest BCUT2D eigenvalue weighted by molar-refractivity contribution is 14.0. The molecule has 2 aromatic rings. The van der Waals surface area contributed by atoms with Gasteiger partial charge in [-0.25, -0.2) is 4.99 Å². The van der Waals surface area contributed by atoms with E-state index < -0.39 is 11.7 Å². The lowest BCUT2D eigenvalue weighted by Gasteiger charge is -2.27. The summed E-state index contributed by atoms with van der Waals surface area (Å²) in [6, 6.07) is 11.2. The van der Waals surface area contributed by atoms with Crippen molar-refractivity contribution < 1.29 is 22.6 Å². The Labute approximate surface area is 178 Å². The number of methoxy groups -OCH3 is 1. The molecule has 0 aromatic heterocycles. The van der Waals surface area contributed by atoms with E-state index in [2.05, 4.69) is 10.3 Å². The minimum Gasteiger partial charge on any atom is -0.497 e. The van der Waals surface area contributed by atoms with Crippen LogP contribution in [0.5, 0.6) is 11.5 Å². The topological polar surface area (TPSA) is 68.9 Å². The van der Waals surface area contributed by atoms with Crippen molar-refractivity contribution in [1.29, 1.82) is 0 Å². The van der Waals surface area contributed by atoms with Gasteiger partial charge in [0.15, 0.2) is 5.96 Å². The molecule has 152 valence electrons. The number of hydrogen-bond donors (Lipinski definition) is 2. The number of alkyl halides is 3. The van der Waals surface area contributed by atoms with Crippen LogP contribution in [-0.4, -0.2) is 19.7 Å². The van der Waals surface area contributed by atoms with Crippen LogP contribution in [0.15, 0.2) is 47.5 Å². The third kappa shape index (κ3) is 5.21. The van der Waals surface area contributed by atoms with Crippen molar-refractivity contribution in [3.8, 4) is 11.5 Å². The predicted molar refractivity (Wildman–Crippen MR) is 111 cm³/mol. The molecule has 3 N–H and O–H groups in total. The van der Waals surface area contributed by atoms with Gasteiger partial charge in [0.1, 0.15) is 11.5 Å². The number of guanidine groups is 1. The van der Waals surface area contributed by atoms with Crippen LogP contribution in [0.2, 0.25) is 0 Å². The number of para-hydroxylation sites is 1. The first-order valence-electron chi connectivity index (χ1n) is 8.41. The summed E-state index contributed by atoms with van der Waals surface area (Å²) in [6.45, 7) is 0.335. The summed E-state index contributed by atoms with van der Waals surface area (Å²) < 4.78 is 50.2. The Kier molecular flexibility index (Phi) is 7.39. The Bertz CT molecular complexity index is 843. The van der Waals surface area contributed by atoms with Crippen molar-refractivity contribution in [2.24, 2.45) is 10.7 Å². The van der Waals surface area contributed by atoms with Gasteiger partial charge in [-0.3, -0.25) is 0 Å². The lowest BCUT2D eigenvalue weighted by atomic mass is 10.0. The number of hydrogen-bond acceptors (Lipinski definition) is 3. The Balaban J connectivity index is 0.00000280. The summed E-state index contributed by atoms with van der Waals surface area (Å²) in [5.41, 5.74) is 6.11. The molecular formula is C19H21F3IN3O2. The number of halogens is 4. The molecule has 1 aliphatic rings. The average molecular weight is 507 g/mol. The van der Waals surface area contributed by atoms with E-state index in [1.165, 1.54) is 19.2 Å². The fourth-order valence-electron chi connectivity index (χ4n) is 2.97. The summed E-state index contributed by atoms with van der Waals surface area (Å²) >= 11 is 0. The van der Waals surface area contributed by atoms with Gasteiger partial charge in [0.25, 0.3) is 0 Å². The average Bonchev–Trinajstić information content (AvgIpc) is 2.66. The van der Waals surface area contributed by atoms with Crippen LogP contribution < -0.4 is 20.5 Å². The van der Waals surface area contributed by atoms with Gasteiger partial charge in [-0.05, 0) is 23.8 Å². The molecule has 0 spiro atoms. The van der Waals surface area contributed by atoms with E-state index in [0.717, 1.165) is 17.4 Å². The number of aliphatic imine (C=N–C) groups is 1. The Morgan fingerprint density at radius 2 is 2.04 bits per heavy atom. The smallest absolute Gasteiger partial charge is 0.416 e. The van der Waals surface area contributed by atoms with E-state index in [0.29, 0.717) is 13.0 Å². The van der Waals surface area contributed by atoms with Crippen molar-refractivity contribution in [3.63, 3.8) is 0 Å². The maximum atomic E-state index is 13.3. The summed E-state index contributed by atoms with van der Waals surface area (Å²) in [7, 11) is 1.32. The third-order valence-electron chi connectivity index (χ3n) is 4.32. The highest BCUT2D eigenvalue weighted by Gasteiger charge is 2.33. The normalized spacial score (nSPS) is 16.4. The molecule has 2 aromatic carbocycles. The van der Waals surface area contributed by atoms with E-state index in [1.807, 2.05) is 24.3 Å². The molecule has 1 aliphatic heterocycles. The van der Waals surface area contributed by atoms with Gasteiger partial charge in [-0.15, -0.1) is 24.0 Å². The SMILES string of the molecule is COc1ccc(CN=C(N)NC2CCOc3ccccc32)c(C(F)(F)F)c1.I. The first-order chi connectivity index (χ1) is 12.9. The molecule has 0 amide bonds. The minimum absolute atomic E-state index is 0. The van der Waals surface area contributed by atoms with Crippen LogP contribution in [0.4, 0.5) is 13.2 Å². The van der Waals surface area contributed by atoms with E-state index in [9.17, 15) is 13.2 Å². The van der Waals surface area contributed by atoms with Crippen molar-refractivity contribution in [1.82, 2.24) is 5.32 Å².